The minimum Gasteiger partial charge on any atom is -0.354 e. The highest BCUT2D eigenvalue weighted by Crippen LogP contribution is 2.19. The predicted octanol–water partition coefficient (Wildman–Crippen LogP) is 2.00. The SMILES string of the molecule is Cl.Cl.NCCC(=O)NCC1CCCCN1C(=O)CSCc1ccccn1. The topological polar surface area (TPSA) is 88.3 Å². The lowest BCUT2D eigenvalue weighted by atomic mass is 10.0. The first-order valence-electron chi connectivity index (χ1n) is 8.44. The first kappa shape index (κ1) is 25.0. The van der Waals surface area contributed by atoms with E-state index >= 15 is 0 Å². The number of amides is 2. The lowest BCUT2D eigenvalue weighted by molar-refractivity contribution is -0.132. The third-order valence-electron chi connectivity index (χ3n) is 4.06. The molecular weight excluding hydrogens is 395 g/mol. The number of pyridine rings is 1. The van der Waals surface area contributed by atoms with Crippen LogP contribution in [-0.4, -0.2) is 53.1 Å². The lowest BCUT2D eigenvalue weighted by Gasteiger charge is -2.36. The zero-order valence-electron chi connectivity index (χ0n) is 14.8. The second-order valence-electron chi connectivity index (χ2n) is 5.89. The summed E-state index contributed by atoms with van der Waals surface area (Å²) < 4.78 is 0. The highest BCUT2D eigenvalue weighted by atomic mass is 35.5. The summed E-state index contributed by atoms with van der Waals surface area (Å²) in [6, 6.07) is 5.91. The van der Waals surface area contributed by atoms with Gasteiger partial charge in [-0.25, -0.2) is 0 Å². The summed E-state index contributed by atoms with van der Waals surface area (Å²) in [4.78, 5) is 30.3. The van der Waals surface area contributed by atoms with Gasteiger partial charge in [0.25, 0.3) is 0 Å². The number of rotatable bonds is 8. The summed E-state index contributed by atoms with van der Waals surface area (Å²) in [5, 5.41) is 2.89. The lowest BCUT2D eigenvalue weighted by Crippen LogP contribution is -2.50. The number of hydrogen-bond donors (Lipinski definition) is 2. The van der Waals surface area contributed by atoms with Crippen LogP contribution in [0.25, 0.3) is 0 Å². The Hall–Kier alpha value is -1.02. The van der Waals surface area contributed by atoms with Crippen LogP contribution in [0, 0.1) is 0 Å². The molecule has 6 nitrogen and oxygen atoms in total. The Kier molecular flexibility index (Phi) is 13.5. The summed E-state index contributed by atoms with van der Waals surface area (Å²) in [7, 11) is 0. The number of carbonyl (C=O) groups excluding carboxylic acids is 2. The van der Waals surface area contributed by atoms with Gasteiger partial charge in [0.05, 0.1) is 11.4 Å². The molecule has 1 aliphatic rings. The Morgan fingerprint density at radius 1 is 1.31 bits per heavy atom. The van der Waals surface area contributed by atoms with Gasteiger partial charge in [0.2, 0.25) is 11.8 Å². The van der Waals surface area contributed by atoms with Crippen LogP contribution in [-0.2, 0) is 15.3 Å². The van der Waals surface area contributed by atoms with Crippen LogP contribution >= 0.6 is 36.6 Å². The number of halogens is 2. The van der Waals surface area contributed by atoms with E-state index in [4.69, 9.17) is 5.73 Å². The summed E-state index contributed by atoms with van der Waals surface area (Å²) in [6.07, 6.45) is 5.18. The van der Waals surface area contributed by atoms with E-state index in [9.17, 15) is 9.59 Å². The molecule has 2 rings (SSSR count). The van der Waals surface area contributed by atoms with E-state index in [0.717, 1.165) is 37.3 Å². The molecule has 2 amide bonds. The van der Waals surface area contributed by atoms with E-state index in [0.29, 0.717) is 25.3 Å². The van der Waals surface area contributed by atoms with Crippen LogP contribution < -0.4 is 11.1 Å². The van der Waals surface area contributed by atoms with E-state index in [1.165, 1.54) is 0 Å². The average Bonchev–Trinajstić information content (AvgIpc) is 2.61. The van der Waals surface area contributed by atoms with Crippen molar-refractivity contribution in [2.24, 2.45) is 5.73 Å². The molecule has 0 radical (unpaired) electrons. The maximum absolute atomic E-state index is 12.5. The van der Waals surface area contributed by atoms with Gasteiger partial charge in [0.15, 0.2) is 0 Å². The first-order chi connectivity index (χ1) is 11.7. The largest absolute Gasteiger partial charge is 0.354 e. The van der Waals surface area contributed by atoms with Crippen molar-refractivity contribution in [3.63, 3.8) is 0 Å². The van der Waals surface area contributed by atoms with Gasteiger partial charge in [0, 0.05) is 44.0 Å². The first-order valence-corrected chi connectivity index (χ1v) is 9.60. The summed E-state index contributed by atoms with van der Waals surface area (Å²) in [5.74, 6) is 1.29. The molecule has 0 bridgehead atoms. The molecule has 1 unspecified atom stereocenters. The molecular formula is C17H28Cl2N4O2S. The molecule has 1 aromatic heterocycles. The van der Waals surface area contributed by atoms with Gasteiger partial charge in [-0.15, -0.1) is 36.6 Å². The molecule has 9 heteroatoms. The fourth-order valence-electron chi connectivity index (χ4n) is 2.80. The summed E-state index contributed by atoms with van der Waals surface area (Å²) in [6.45, 7) is 1.65. The van der Waals surface area contributed by atoms with Crippen LogP contribution in [0.15, 0.2) is 24.4 Å². The maximum atomic E-state index is 12.5. The fourth-order valence-corrected chi connectivity index (χ4v) is 3.62. The van der Waals surface area contributed by atoms with Crippen molar-refractivity contribution < 1.29 is 9.59 Å². The second kappa shape index (κ2) is 14.1. The Bertz CT molecular complexity index is 537. The van der Waals surface area contributed by atoms with Gasteiger partial charge < -0.3 is 16.0 Å². The van der Waals surface area contributed by atoms with Crippen LogP contribution in [0.2, 0.25) is 0 Å². The van der Waals surface area contributed by atoms with Crippen molar-refractivity contribution in [3.8, 4) is 0 Å². The molecule has 0 saturated carbocycles. The molecule has 1 aromatic rings. The van der Waals surface area contributed by atoms with E-state index < -0.39 is 0 Å². The minimum atomic E-state index is -0.0417. The fraction of sp³-hybridized carbons (Fsp3) is 0.588. The number of likely N-dealkylation sites (tertiary alicyclic amines) is 1. The van der Waals surface area contributed by atoms with Crippen molar-refractivity contribution >= 4 is 48.4 Å². The highest BCUT2D eigenvalue weighted by Gasteiger charge is 2.26. The van der Waals surface area contributed by atoms with Crippen molar-refractivity contribution in [1.29, 1.82) is 0 Å². The Labute approximate surface area is 171 Å². The summed E-state index contributed by atoms with van der Waals surface area (Å²) in [5.41, 5.74) is 6.37. The number of nitrogens with one attached hydrogen (secondary N) is 1. The number of hydrogen-bond acceptors (Lipinski definition) is 5. The zero-order valence-corrected chi connectivity index (χ0v) is 17.2. The molecule has 1 saturated heterocycles. The van der Waals surface area contributed by atoms with E-state index in [1.807, 2.05) is 23.1 Å². The molecule has 1 aliphatic heterocycles. The highest BCUT2D eigenvalue weighted by molar-refractivity contribution is 7.99. The van der Waals surface area contributed by atoms with Gasteiger partial charge in [-0.05, 0) is 31.4 Å². The van der Waals surface area contributed by atoms with Crippen molar-refractivity contribution in [2.45, 2.75) is 37.5 Å². The molecule has 2 heterocycles. The molecule has 26 heavy (non-hydrogen) atoms. The molecule has 0 aliphatic carbocycles. The molecule has 0 aromatic carbocycles. The number of thioether (sulfide) groups is 1. The molecule has 0 spiro atoms. The van der Waals surface area contributed by atoms with Crippen LogP contribution in [0.4, 0.5) is 0 Å². The monoisotopic (exact) mass is 422 g/mol. The number of piperidine rings is 1. The number of aromatic nitrogens is 1. The van der Waals surface area contributed by atoms with Gasteiger partial charge >= 0.3 is 0 Å². The Balaban J connectivity index is 0.00000312. The smallest absolute Gasteiger partial charge is 0.232 e. The molecule has 1 fully saturated rings. The number of carbonyl (C=O) groups is 2. The quantitative estimate of drug-likeness (QED) is 0.668. The van der Waals surface area contributed by atoms with E-state index in [-0.39, 0.29) is 42.7 Å². The van der Waals surface area contributed by atoms with Crippen molar-refractivity contribution in [3.05, 3.63) is 30.1 Å². The Morgan fingerprint density at radius 2 is 2.12 bits per heavy atom. The predicted molar refractivity (Wildman–Crippen MR) is 111 cm³/mol. The van der Waals surface area contributed by atoms with Crippen LogP contribution in [0.5, 0.6) is 0 Å². The van der Waals surface area contributed by atoms with Crippen molar-refractivity contribution in [2.75, 3.05) is 25.4 Å². The zero-order chi connectivity index (χ0) is 17.2. The van der Waals surface area contributed by atoms with Gasteiger partial charge in [-0.3, -0.25) is 14.6 Å². The second-order valence-corrected chi connectivity index (χ2v) is 6.88. The third-order valence-corrected chi connectivity index (χ3v) is 5.01. The molecule has 148 valence electrons. The standard InChI is InChI=1S/C17H26N4O2S.2ClH/c18-8-7-16(22)20-11-15-6-2-4-10-21(15)17(23)13-24-12-14-5-1-3-9-19-14;;/h1,3,5,9,15H,2,4,6-8,10-13,18H2,(H,20,22);2*1H. The number of nitrogens with zero attached hydrogens (tertiary/aromatic N) is 2. The van der Waals surface area contributed by atoms with Crippen molar-refractivity contribution in [1.82, 2.24) is 15.2 Å². The average molecular weight is 423 g/mol. The van der Waals surface area contributed by atoms with Gasteiger partial charge in [0.1, 0.15) is 0 Å². The minimum absolute atomic E-state index is 0. The molecule has 3 N–H and O–H groups in total. The molecule has 1 atom stereocenters. The maximum Gasteiger partial charge on any atom is 0.232 e. The Morgan fingerprint density at radius 3 is 2.81 bits per heavy atom. The normalized spacial score (nSPS) is 16.2. The van der Waals surface area contributed by atoms with E-state index in [2.05, 4.69) is 10.3 Å². The third kappa shape index (κ3) is 8.58. The van der Waals surface area contributed by atoms with Crippen LogP contribution in [0.1, 0.15) is 31.4 Å². The van der Waals surface area contributed by atoms with Gasteiger partial charge in [-0.2, -0.15) is 0 Å². The summed E-state index contributed by atoms with van der Waals surface area (Å²) >= 11 is 1.59. The van der Waals surface area contributed by atoms with E-state index in [1.54, 1.807) is 18.0 Å². The van der Waals surface area contributed by atoms with Crippen LogP contribution in [0.3, 0.4) is 0 Å². The number of nitrogens with two attached hydrogens (primary N) is 1. The van der Waals surface area contributed by atoms with Gasteiger partial charge in [-0.1, -0.05) is 6.07 Å².